The molecule has 0 radical (unpaired) electrons. The molecule has 6 nitrogen and oxygen atoms in total. The Kier molecular flexibility index (Phi) is 4.49. The Morgan fingerprint density at radius 1 is 1.19 bits per heavy atom. The molecule has 26 heavy (non-hydrogen) atoms. The lowest BCUT2D eigenvalue weighted by atomic mass is 9.95. The van der Waals surface area contributed by atoms with Gasteiger partial charge in [-0.05, 0) is 31.4 Å². The third kappa shape index (κ3) is 2.79. The third-order valence-electron chi connectivity index (χ3n) is 5.11. The average molecular weight is 352 g/mol. The number of rotatable bonds is 4. The van der Waals surface area contributed by atoms with Gasteiger partial charge in [0, 0.05) is 6.04 Å². The number of nitrogens with zero attached hydrogens (tertiary/aromatic N) is 3. The first-order valence-electron chi connectivity index (χ1n) is 9.44. The molecular weight excluding hydrogens is 328 g/mol. The number of esters is 1. The van der Waals surface area contributed by atoms with E-state index in [1.165, 1.54) is 19.3 Å². The van der Waals surface area contributed by atoms with Crippen LogP contribution in [0.25, 0.3) is 22.2 Å². The van der Waals surface area contributed by atoms with E-state index in [-0.39, 0.29) is 6.04 Å². The molecule has 136 valence electrons. The molecule has 1 aliphatic rings. The molecule has 2 aromatic heterocycles. The van der Waals surface area contributed by atoms with Crippen molar-refractivity contribution in [3.8, 4) is 0 Å². The van der Waals surface area contributed by atoms with Crippen molar-refractivity contribution in [3.05, 3.63) is 29.8 Å². The topological polar surface area (TPSA) is 83.0 Å². The second-order valence-corrected chi connectivity index (χ2v) is 6.94. The van der Waals surface area contributed by atoms with E-state index in [1.54, 1.807) is 0 Å². The van der Waals surface area contributed by atoms with Gasteiger partial charge in [0.15, 0.2) is 5.65 Å². The quantitative estimate of drug-likeness (QED) is 0.710. The van der Waals surface area contributed by atoms with E-state index in [9.17, 15) is 4.79 Å². The van der Waals surface area contributed by atoms with E-state index in [1.807, 2.05) is 35.8 Å². The van der Waals surface area contributed by atoms with Gasteiger partial charge in [0.2, 0.25) is 0 Å². The van der Waals surface area contributed by atoms with Crippen LogP contribution in [0.2, 0.25) is 0 Å². The number of carbonyl (C=O) groups excluding carboxylic acids is 1. The maximum absolute atomic E-state index is 12.7. The van der Waals surface area contributed by atoms with Crippen molar-refractivity contribution in [2.24, 2.45) is 0 Å². The van der Waals surface area contributed by atoms with E-state index in [2.05, 4.69) is 0 Å². The number of ether oxygens (including phenoxy) is 1. The van der Waals surface area contributed by atoms with Crippen LogP contribution >= 0.6 is 0 Å². The summed E-state index contributed by atoms with van der Waals surface area (Å²) in [5, 5.41) is 0. The lowest BCUT2D eigenvalue weighted by Gasteiger charge is -2.24. The fourth-order valence-corrected chi connectivity index (χ4v) is 3.86. The van der Waals surface area contributed by atoms with Crippen LogP contribution in [0.5, 0.6) is 0 Å². The summed E-state index contributed by atoms with van der Waals surface area (Å²) in [5.41, 5.74) is 9.63. The van der Waals surface area contributed by atoms with Crippen LogP contribution in [0.4, 0.5) is 5.82 Å². The molecule has 4 rings (SSSR count). The molecular formula is C20H24N4O2. The number of para-hydroxylation sites is 2. The molecule has 6 heteroatoms. The number of nitrogens with two attached hydrogens (primary N) is 1. The predicted octanol–water partition coefficient (Wildman–Crippen LogP) is 4.24. The zero-order chi connectivity index (χ0) is 18.1. The lowest BCUT2D eigenvalue weighted by molar-refractivity contribution is 0.0508. The van der Waals surface area contributed by atoms with Gasteiger partial charge in [-0.15, -0.1) is 0 Å². The summed E-state index contributed by atoms with van der Waals surface area (Å²) in [5.74, 6) is 0.0248. The van der Waals surface area contributed by atoms with Crippen LogP contribution < -0.4 is 5.73 Å². The summed E-state index contributed by atoms with van der Waals surface area (Å²) >= 11 is 0. The third-order valence-corrected chi connectivity index (χ3v) is 5.11. The summed E-state index contributed by atoms with van der Waals surface area (Å²) in [4.78, 5) is 22.2. The van der Waals surface area contributed by atoms with Gasteiger partial charge in [0.1, 0.15) is 16.9 Å². The average Bonchev–Trinajstić information content (AvgIpc) is 2.95. The molecule has 2 N–H and O–H groups in total. The van der Waals surface area contributed by atoms with Crippen LogP contribution in [0.15, 0.2) is 24.3 Å². The maximum atomic E-state index is 12.7. The zero-order valence-corrected chi connectivity index (χ0v) is 15.1. The Morgan fingerprint density at radius 2 is 1.88 bits per heavy atom. The van der Waals surface area contributed by atoms with Crippen molar-refractivity contribution in [3.63, 3.8) is 0 Å². The van der Waals surface area contributed by atoms with Gasteiger partial charge in [0.05, 0.1) is 17.6 Å². The highest BCUT2D eigenvalue weighted by atomic mass is 16.5. The number of anilines is 1. The number of hydrogen-bond acceptors (Lipinski definition) is 5. The Morgan fingerprint density at radius 3 is 2.58 bits per heavy atom. The van der Waals surface area contributed by atoms with Crippen molar-refractivity contribution in [2.45, 2.75) is 51.5 Å². The van der Waals surface area contributed by atoms with E-state index >= 15 is 0 Å². The highest BCUT2D eigenvalue weighted by molar-refractivity contribution is 6.08. The van der Waals surface area contributed by atoms with Crippen LogP contribution in [0.1, 0.15) is 61.8 Å². The Bertz CT molecular complexity index is 957. The number of hydrogen-bond donors (Lipinski definition) is 1. The van der Waals surface area contributed by atoms with Gasteiger partial charge in [0.25, 0.3) is 0 Å². The molecule has 1 fully saturated rings. The lowest BCUT2D eigenvalue weighted by Crippen LogP contribution is -2.16. The Labute approximate surface area is 152 Å². The normalized spacial score (nSPS) is 15.6. The van der Waals surface area contributed by atoms with Crippen molar-refractivity contribution in [2.75, 3.05) is 12.3 Å². The van der Waals surface area contributed by atoms with Gasteiger partial charge < -0.3 is 15.0 Å². The van der Waals surface area contributed by atoms with Gasteiger partial charge in [-0.1, -0.05) is 38.3 Å². The van der Waals surface area contributed by atoms with Gasteiger partial charge >= 0.3 is 5.97 Å². The summed E-state index contributed by atoms with van der Waals surface area (Å²) in [6, 6.07) is 7.95. The van der Waals surface area contributed by atoms with Crippen molar-refractivity contribution in [1.29, 1.82) is 0 Å². The smallest absolute Gasteiger partial charge is 0.344 e. The molecule has 2 heterocycles. The Balaban J connectivity index is 1.94. The van der Waals surface area contributed by atoms with Crippen molar-refractivity contribution < 1.29 is 9.53 Å². The summed E-state index contributed by atoms with van der Waals surface area (Å²) < 4.78 is 7.40. The van der Waals surface area contributed by atoms with E-state index in [4.69, 9.17) is 20.4 Å². The number of nitrogen functional groups attached to an aromatic ring is 1. The minimum absolute atomic E-state index is 0.259. The first kappa shape index (κ1) is 16.8. The zero-order valence-electron chi connectivity index (χ0n) is 15.1. The van der Waals surface area contributed by atoms with Crippen molar-refractivity contribution >= 4 is 34.0 Å². The minimum atomic E-state index is -0.409. The highest BCUT2D eigenvalue weighted by Crippen LogP contribution is 2.37. The molecule has 0 bridgehead atoms. The monoisotopic (exact) mass is 352 g/mol. The first-order valence-corrected chi connectivity index (χ1v) is 9.44. The molecule has 0 atom stereocenters. The number of fused-ring (bicyclic) bond motifs is 2. The predicted molar refractivity (Wildman–Crippen MR) is 102 cm³/mol. The largest absolute Gasteiger partial charge is 0.462 e. The minimum Gasteiger partial charge on any atom is -0.462 e. The fourth-order valence-electron chi connectivity index (χ4n) is 3.86. The standard InChI is InChI=1S/C20H24N4O2/c1-2-12-26-20(25)16-17-19(23-15-11-7-6-10-14(15)22-17)24(18(16)21)13-8-4-3-5-9-13/h6-7,10-11,13H,2-5,8-9,12,21H2,1H3. The molecule has 1 saturated carbocycles. The summed E-state index contributed by atoms with van der Waals surface area (Å²) in [6.07, 6.45) is 6.44. The van der Waals surface area contributed by atoms with Gasteiger partial charge in [-0.25, -0.2) is 14.8 Å². The van der Waals surface area contributed by atoms with Crippen LogP contribution in [-0.4, -0.2) is 27.1 Å². The van der Waals surface area contributed by atoms with Gasteiger partial charge in [-0.3, -0.25) is 0 Å². The summed E-state index contributed by atoms with van der Waals surface area (Å²) in [6.45, 7) is 2.34. The number of aromatic nitrogens is 3. The first-order chi connectivity index (χ1) is 12.7. The summed E-state index contributed by atoms with van der Waals surface area (Å²) in [7, 11) is 0. The molecule has 0 spiro atoms. The molecule has 0 aliphatic heterocycles. The van der Waals surface area contributed by atoms with E-state index < -0.39 is 5.97 Å². The molecule has 0 amide bonds. The molecule has 0 unspecified atom stereocenters. The molecule has 1 aromatic carbocycles. The molecule has 1 aliphatic carbocycles. The van der Waals surface area contributed by atoms with E-state index in [0.29, 0.717) is 29.2 Å². The Hall–Kier alpha value is -2.63. The fraction of sp³-hybridized carbons (Fsp3) is 0.450. The van der Waals surface area contributed by atoms with E-state index in [0.717, 1.165) is 30.3 Å². The van der Waals surface area contributed by atoms with Crippen LogP contribution in [-0.2, 0) is 4.74 Å². The van der Waals surface area contributed by atoms with Crippen LogP contribution in [0, 0.1) is 0 Å². The second kappa shape index (κ2) is 6.94. The highest BCUT2D eigenvalue weighted by Gasteiger charge is 2.29. The number of benzene rings is 1. The van der Waals surface area contributed by atoms with Gasteiger partial charge in [-0.2, -0.15) is 0 Å². The van der Waals surface area contributed by atoms with Crippen LogP contribution in [0.3, 0.4) is 0 Å². The molecule has 0 saturated heterocycles. The SMILES string of the molecule is CCCOC(=O)c1c(N)n(C2CCCCC2)c2nc3ccccc3nc12. The van der Waals surface area contributed by atoms with Crippen molar-refractivity contribution in [1.82, 2.24) is 14.5 Å². The molecule has 3 aromatic rings. The second-order valence-electron chi connectivity index (χ2n) is 6.94. The number of carbonyl (C=O) groups is 1. The maximum Gasteiger partial charge on any atom is 0.344 e.